The van der Waals surface area contributed by atoms with E-state index in [1.165, 1.54) is 43.4 Å². The van der Waals surface area contributed by atoms with Crippen LogP contribution < -0.4 is 5.32 Å². The van der Waals surface area contributed by atoms with Gasteiger partial charge in [-0.2, -0.15) is 0 Å². The maximum absolute atomic E-state index is 4.55. The lowest BCUT2D eigenvalue weighted by molar-refractivity contribution is 0.213. The van der Waals surface area contributed by atoms with E-state index in [0.29, 0.717) is 11.5 Å². The fraction of sp³-hybridized carbons (Fsp3) is 0.737. The van der Waals surface area contributed by atoms with E-state index >= 15 is 0 Å². The minimum atomic E-state index is 0.464. The Morgan fingerprint density at radius 2 is 2.00 bits per heavy atom. The summed E-state index contributed by atoms with van der Waals surface area (Å²) < 4.78 is 0. The summed E-state index contributed by atoms with van der Waals surface area (Å²) in [6.45, 7) is 10.3. The van der Waals surface area contributed by atoms with Crippen molar-refractivity contribution in [2.75, 3.05) is 0 Å². The van der Waals surface area contributed by atoms with Crippen LogP contribution in [0.3, 0.4) is 0 Å². The fourth-order valence-corrected chi connectivity index (χ4v) is 3.57. The number of aromatic nitrogens is 1. The third kappa shape index (κ3) is 4.81. The predicted molar refractivity (Wildman–Crippen MR) is 90.3 cm³/mol. The predicted octanol–water partition coefficient (Wildman–Crippen LogP) is 4.73. The first-order chi connectivity index (χ1) is 10.0. The summed E-state index contributed by atoms with van der Waals surface area (Å²) in [5, 5.41) is 3.76. The Morgan fingerprint density at radius 3 is 2.71 bits per heavy atom. The van der Waals surface area contributed by atoms with E-state index in [1.807, 2.05) is 12.3 Å². The van der Waals surface area contributed by atoms with Gasteiger partial charge in [-0.3, -0.25) is 4.98 Å². The monoisotopic (exact) mass is 288 g/mol. The van der Waals surface area contributed by atoms with Crippen molar-refractivity contribution in [3.05, 3.63) is 29.6 Å². The highest BCUT2D eigenvalue weighted by molar-refractivity contribution is 5.19. The third-order valence-electron chi connectivity index (χ3n) is 5.12. The third-order valence-corrected chi connectivity index (χ3v) is 5.12. The molecular weight excluding hydrogens is 256 g/mol. The Balaban J connectivity index is 1.87. The smallest absolute Gasteiger partial charge is 0.0573 e. The highest BCUT2D eigenvalue weighted by Gasteiger charge is 2.27. The number of hydrogen-bond donors (Lipinski definition) is 1. The number of hydrogen-bond acceptors (Lipinski definition) is 2. The number of pyridine rings is 1. The van der Waals surface area contributed by atoms with Crippen molar-refractivity contribution < 1.29 is 0 Å². The van der Waals surface area contributed by atoms with Crippen LogP contribution in [0, 0.1) is 11.3 Å². The molecule has 0 bridgehead atoms. The Bertz CT molecular complexity index is 433. The lowest BCUT2D eigenvalue weighted by Crippen LogP contribution is -2.29. The average molecular weight is 288 g/mol. The molecule has 2 rings (SSSR count). The zero-order chi connectivity index (χ0) is 15.3. The molecule has 2 heteroatoms. The maximum atomic E-state index is 4.55. The molecule has 1 aromatic heterocycles. The van der Waals surface area contributed by atoms with Crippen molar-refractivity contribution in [3.8, 4) is 0 Å². The number of nitrogens with one attached hydrogen (secondary N) is 1. The van der Waals surface area contributed by atoms with Gasteiger partial charge < -0.3 is 5.32 Å². The van der Waals surface area contributed by atoms with E-state index in [4.69, 9.17) is 0 Å². The summed E-state index contributed by atoms with van der Waals surface area (Å²) in [6, 6.07) is 4.92. The summed E-state index contributed by atoms with van der Waals surface area (Å²) in [5.74, 6) is 0.880. The first-order valence-electron chi connectivity index (χ1n) is 8.67. The van der Waals surface area contributed by atoms with E-state index in [0.717, 1.165) is 18.9 Å². The first kappa shape index (κ1) is 16.5. The Kier molecular flexibility index (Phi) is 5.80. The first-order valence-corrected chi connectivity index (χ1v) is 8.67. The van der Waals surface area contributed by atoms with Gasteiger partial charge >= 0.3 is 0 Å². The zero-order valence-corrected chi connectivity index (χ0v) is 14.3. The van der Waals surface area contributed by atoms with Gasteiger partial charge in [-0.25, -0.2) is 0 Å². The van der Waals surface area contributed by atoms with Gasteiger partial charge in [0, 0.05) is 18.8 Å². The molecule has 21 heavy (non-hydrogen) atoms. The summed E-state index contributed by atoms with van der Waals surface area (Å²) in [6.07, 6.45) is 9.75. The Labute approximate surface area is 130 Å². The SMILES string of the molecule is CCc1cccnc1CNC1CCCC(C(C)(C)C)CC1. The molecule has 2 unspecified atom stereocenters. The van der Waals surface area contributed by atoms with Gasteiger partial charge in [0.05, 0.1) is 5.69 Å². The number of nitrogens with zero attached hydrogens (tertiary/aromatic N) is 1. The van der Waals surface area contributed by atoms with Gasteiger partial charge in [0.15, 0.2) is 0 Å². The normalized spacial score (nSPS) is 23.8. The largest absolute Gasteiger partial charge is 0.308 e. The van der Waals surface area contributed by atoms with Crippen molar-refractivity contribution in [2.24, 2.45) is 11.3 Å². The van der Waals surface area contributed by atoms with Crippen LogP contribution >= 0.6 is 0 Å². The average Bonchev–Trinajstić information content (AvgIpc) is 2.70. The number of aryl methyl sites for hydroxylation is 1. The molecule has 1 aromatic rings. The van der Waals surface area contributed by atoms with E-state index in [-0.39, 0.29) is 0 Å². The van der Waals surface area contributed by atoms with Crippen molar-refractivity contribution >= 4 is 0 Å². The van der Waals surface area contributed by atoms with Crippen molar-refractivity contribution in [2.45, 2.75) is 78.8 Å². The minimum absolute atomic E-state index is 0.464. The topological polar surface area (TPSA) is 24.9 Å². The van der Waals surface area contributed by atoms with Gasteiger partial charge in [0.2, 0.25) is 0 Å². The molecule has 0 aromatic carbocycles. The molecule has 1 N–H and O–H groups in total. The highest BCUT2D eigenvalue weighted by atomic mass is 14.9. The second-order valence-corrected chi connectivity index (χ2v) is 7.61. The summed E-state index contributed by atoms with van der Waals surface area (Å²) in [7, 11) is 0. The molecule has 0 spiro atoms. The highest BCUT2D eigenvalue weighted by Crippen LogP contribution is 2.36. The van der Waals surface area contributed by atoms with E-state index < -0.39 is 0 Å². The van der Waals surface area contributed by atoms with Crippen LogP contribution in [-0.4, -0.2) is 11.0 Å². The van der Waals surface area contributed by atoms with Crippen LogP contribution in [0.15, 0.2) is 18.3 Å². The second kappa shape index (κ2) is 7.40. The molecule has 0 radical (unpaired) electrons. The molecule has 1 fully saturated rings. The van der Waals surface area contributed by atoms with Crippen LogP contribution in [0.4, 0.5) is 0 Å². The molecule has 1 aliphatic carbocycles. The molecule has 0 aliphatic heterocycles. The van der Waals surface area contributed by atoms with Crippen molar-refractivity contribution in [1.29, 1.82) is 0 Å². The molecule has 0 amide bonds. The van der Waals surface area contributed by atoms with E-state index in [9.17, 15) is 0 Å². The quantitative estimate of drug-likeness (QED) is 0.810. The lowest BCUT2D eigenvalue weighted by Gasteiger charge is -2.29. The van der Waals surface area contributed by atoms with Crippen LogP contribution in [0.2, 0.25) is 0 Å². The molecule has 1 saturated carbocycles. The maximum Gasteiger partial charge on any atom is 0.0573 e. The number of rotatable bonds is 4. The van der Waals surface area contributed by atoms with Crippen LogP contribution in [0.1, 0.15) is 71.1 Å². The van der Waals surface area contributed by atoms with Crippen molar-refractivity contribution in [3.63, 3.8) is 0 Å². The molecule has 1 heterocycles. The fourth-order valence-electron chi connectivity index (χ4n) is 3.57. The molecule has 2 nitrogen and oxygen atoms in total. The van der Waals surface area contributed by atoms with Gasteiger partial charge in [-0.15, -0.1) is 0 Å². The van der Waals surface area contributed by atoms with Crippen LogP contribution in [0.5, 0.6) is 0 Å². The van der Waals surface area contributed by atoms with Gasteiger partial charge in [0.1, 0.15) is 0 Å². The molecule has 0 saturated heterocycles. The van der Waals surface area contributed by atoms with Gasteiger partial charge in [0.25, 0.3) is 0 Å². The summed E-state index contributed by atoms with van der Waals surface area (Å²) in [4.78, 5) is 4.55. The summed E-state index contributed by atoms with van der Waals surface area (Å²) in [5.41, 5.74) is 3.08. The van der Waals surface area contributed by atoms with E-state index in [2.05, 4.69) is 44.1 Å². The molecule has 1 aliphatic rings. The van der Waals surface area contributed by atoms with E-state index in [1.54, 1.807) is 0 Å². The lowest BCUT2D eigenvalue weighted by atomic mass is 9.76. The zero-order valence-electron chi connectivity index (χ0n) is 14.3. The molecule has 2 atom stereocenters. The minimum Gasteiger partial charge on any atom is -0.308 e. The standard InChI is InChI=1S/C19H32N2/c1-5-15-8-7-13-20-18(15)14-21-17-10-6-9-16(11-12-17)19(2,3)4/h7-8,13,16-17,21H,5-6,9-12,14H2,1-4H3. The summed E-state index contributed by atoms with van der Waals surface area (Å²) >= 11 is 0. The second-order valence-electron chi connectivity index (χ2n) is 7.61. The van der Waals surface area contributed by atoms with Crippen molar-refractivity contribution in [1.82, 2.24) is 10.3 Å². The molecule has 118 valence electrons. The van der Waals surface area contributed by atoms with Gasteiger partial charge in [-0.05, 0) is 55.1 Å². The Hall–Kier alpha value is -0.890. The van der Waals surface area contributed by atoms with Crippen LogP contribution in [0.25, 0.3) is 0 Å². The van der Waals surface area contributed by atoms with Gasteiger partial charge in [-0.1, -0.05) is 40.2 Å². The van der Waals surface area contributed by atoms with Crippen LogP contribution in [-0.2, 0) is 13.0 Å². The molecular formula is C19H32N2. The Morgan fingerprint density at radius 1 is 1.19 bits per heavy atom.